The van der Waals surface area contributed by atoms with Gasteiger partial charge >= 0.3 is 5.97 Å². The maximum Gasteiger partial charge on any atom is 0.307 e. The number of hydrogen-bond acceptors (Lipinski definition) is 4. The second-order valence-electron chi connectivity index (χ2n) is 6.01. The summed E-state index contributed by atoms with van der Waals surface area (Å²) in [5.74, 6) is -0.762. The summed E-state index contributed by atoms with van der Waals surface area (Å²) in [5, 5.41) is 7.67. The van der Waals surface area contributed by atoms with Gasteiger partial charge < -0.3 is 10.1 Å². The van der Waals surface area contributed by atoms with Crippen LogP contribution in [0.25, 0.3) is 5.69 Å². The molecule has 1 N–H and O–H groups in total. The molecule has 0 bridgehead atoms. The summed E-state index contributed by atoms with van der Waals surface area (Å²) in [7, 11) is 1.32. The molecule has 1 unspecified atom stereocenters. The number of hydrogen-bond donors (Lipinski definition) is 1. The monoisotopic (exact) mass is 461 g/mol. The topological polar surface area (TPSA) is 73.2 Å². The van der Waals surface area contributed by atoms with Crippen LogP contribution >= 0.6 is 27.5 Å². The molecular formula is C20H17BrClN3O3. The quantitative estimate of drug-likeness (QED) is 0.554. The minimum atomic E-state index is -0.535. The van der Waals surface area contributed by atoms with Crippen molar-refractivity contribution in [2.75, 3.05) is 7.11 Å². The third kappa shape index (κ3) is 4.99. The first-order chi connectivity index (χ1) is 13.5. The maximum absolute atomic E-state index is 12.7. The van der Waals surface area contributed by atoms with Crippen molar-refractivity contribution in [3.63, 3.8) is 0 Å². The fourth-order valence-electron chi connectivity index (χ4n) is 2.67. The Morgan fingerprint density at radius 3 is 2.75 bits per heavy atom. The highest BCUT2D eigenvalue weighted by Gasteiger charge is 2.21. The smallest absolute Gasteiger partial charge is 0.307 e. The van der Waals surface area contributed by atoms with E-state index in [1.54, 1.807) is 29.1 Å². The molecule has 0 saturated heterocycles. The molecule has 1 amide bonds. The van der Waals surface area contributed by atoms with Crippen LogP contribution in [0.2, 0.25) is 5.02 Å². The molecule has 0 aliphatic carbocycles. The van der Waals surface area contributed by atoms with Crippen LogP contribution in [-0.2, 0) is 9.53 Å². The standard InChI is InChI=1S/C20H17BrClN3O3/c1-28-19(26)10-18(13-4-2-5-15(21)8-13)24-20(27)14-11-23-25(12-14)17-7-3-6-16(22)9-17/h2-9,11-12,18H,10H2,1H3,(H,24,27). The molecule has 2 aromatic carbocycles. The van der Waals surface area contributed by atoms with Gasteiger partial charge in [0.2, 0.25) is 0 Å². The largest absolute Gasteiger partial charge is 0.469 e. The number of nitrogens with zero attached hydrogens (tertiary/aromatic N) is 2. The van der Waals surface area contributed by atoms with Gasteiger partial charge in [0.15, 0.2) is 0 Å². The van der Waals surface area contributed by atoms with E-state index in [-0.39, 0.29) is 12.3 Å². The Morgan fingerprint density at radius 1 is 1.25 bits per heavy atom. The third-order valence-electron chi connectivity index (χ3n) is 4.07. The Kier molecular flexibility index (Phi) is 6.49. The third-order valence-corrected chi connectivity index (χ3v) is 4.80. The first-order valence-electron chi connectivity index (χ1n) is 8.40. The predicted octanol–water partition coefficient (Wildman–Crippen LogP) is 4.32. The summed E-state index contributed by atoms with van der Waals surface area (Å²) in [6.07, 6.45) is 3.09. The van der Waals surface area contributed by atoms with Gasteiger partial charge in [-0.1, -0.05) is 45.7 Å². The Labute approximate surface area is 175 Å². The van der Waals surface area contributed by atoms with Crippen molar-refractivity contribution in [1.82, 2.24) is 15.1 Å². The molecule has 3 aromatic rings. The van der Waals surface area contributed by atoms with E-state index in [0.717, 1.165) is 15.7 Å². The molecule has 1 heterocycles. The number of ether oxygens (including phenoxy) is 1. The van der Waals surface area contributed by atoms with Crippen LogP contribution in [0.3, 0.4) is 0 Å². The number of methoxy groups -OCH3 is 1. The summed E-state index contributed by atoms with van der Waals surface area (Å²) >= 11 is 9.41. The predicted molar refractivity (Wildman–Crippen MR) is 110 cm³/mol. The molecular weight excluding hydrogens is 446 g/mol. The SMILES string of the molecule is COC(=O)CC(NC(=O)c1cnn(-c2cccc(Cl)c2)c1)c1cccc(Br)c1. The molecule has 6 nitrogen and oxygen atoms in total. The van der Waals surface area contributed by atoms with Crippen LogP contribution in [0, 0.1) is 0 Å². The number of halogens is 2. The van der Waals surface area contributed by atoms with Crippen molar-refractivity contribution in [1.29, 1.82) is 0 Å². The first-order valence-corrected chi connectivity index (χ1v) is 9.57. The average molecular weight is 463 g/mol. The van der Waals surface area contributed by atoms with Crippen LogP contribution in [0.1, 0.15) is 28.4 Å². The number of aromatic nitrogens is 2. The lowest BCUT2D eigenvalue weighted by atomic mass is 10.0. The van der Waals surface area contributed by atoms with Crippen LogP contribution in [0.4, 0.5) is 0 Å². The van der Waals surface area contributed by atoms with E-state index >= 15 is 0 Å². The van der Waals surface area contributed by atoms with E-state index in [2.05, 4.69) is 26.3 Å². The molecule has 0 saturated carbocycles. The van der Waals surface area contributed by atoms with Gasteiger partial charge in [-0.15, -0.1) is 0 Å². The normalized spacial score (nSPS) is 11.7. The molecule has 144 valence electrons. The van der Waals surface area contributed by atoms with Gasteiger partial charge in [0.05, 0.1) is 37.0 Å². The van der Waals surface area contributed by atoms with E-state index in [1.165, 1.54) is 13.3 Å². The highest BCUT2D eigenvalue weighted by Crippen LogP contribution is 2.22. The van der Waals surface area contributed by atoms with Crippen molar-refractivity contribution in [2.45, 2.75) is 12.5 Å². The van der Waals surface area contributed by atoms with E-state index in [0.29, 0.717) is 10.6 Å². The van der Waals surface area contributed by atoms with Crippen LogP contribution in [-0.4, -0.2) is 28.8 Å². The number of rotatable bonds is 6. The minimum Gasteiger partial charge on any atom is -0.469 e. The van der Waals surface area contributed by atoms with Crippen molar-refractivity contribution in [3.05, 3.63) is 81.5 Å². The Morgan fingerprint density at radius 2 is 2.04 bits per heavy atom. The maximum atomic E-state index is 12.7. The lowest BCUT2D eigenvalue weighted by Crippen LogP contribution is -2.30. The molecule has 0 fully saturated rings. The van der Waals surface area contributed by atoms with Crippen molar-refractivity contribution < 1.29 is 14.3 Å². The molecule has 1 aromatic heterocycles. The minimum absolute atomic E-state index is 0.0150. The fraction of sp³-hybridized carbons (Fsp3) is 0.150. The molecule has 1 atom stereocenters. The Bertz CT molecular complexity index is 1010. The van der Waals surface area contributed by atoms with E-state index < -0.39 is 12.0 Å². The van der Waals surface area contributed by atoms with Crippen LogP contribution < -0.4 is 5.32 Å². The zero-order chi connectivity index (χ0) is 20.1. The van der Waals surface area contributed by atoms with Gasteiger partial charge in [-0.05, 0) is 35.9 Å². The number of esters is 1. The second-order valence-corrected chi connectivity index (χ2v) is 7.37. The fourth-order valence-corrected chi connectivity index (χ4v) is 3.27. The van der Waals surface area contributed by atoms with Gasteiger partial charge in [-0.2, -0.15) is 5.10 Å². The molecule has 28 heavy (non-hydrogen) atoms. The zero-order valence-electron chi connectivity index (χ0n) is 14.9. The first kappa shape index (κ1) is 20.1. The molecule has 0 spiro atoms. The molecule has 0 radical (unpaired) electrons. The number of benzene rings is 2. The number of nitrogens with one attached hydrogen (secondary N) is 1. The van der Waals surface area contributed by atoms with Gasteiger partial charge in [0, 0.05) is 15.7 Å². The zero-order valence-corrected chi connectivity index (χ0v) is 17.3. The number of carbonyl (C=O) groups is 2. The van der Waals surface area contributed by atoms with Crippen LogP contribution in [0.5, 0.6) is 0 Å². The highest BCUT2D eigenvalue weighted by atomic mass is 79.9. The van der Waals surface area contributed by atoms with Crippen molar-refractivity contribution in [3.8, 4) is 5.69 Å². The summed E-state index contributed by atoms with van der Waals surface area (Å²) in [6, 6.07) is 14.0. The van der Waals surface area contributed by atoms with Crippen molar-refractivity contribution in [2.24, 2.45) is 0 Å². The van der Waals surface area contributed by atoms with Gasteiger partial charge in [0.1, 0.15) is 0 Å². The lowest BCUT2D eigenvalue weighted by molar-refractivity contribution is -0.141. The van der Waals surface area contributed by atoms with Gasteiger partial charge in [-0.25, -0.2) is 4.68 Å². The molecule has 0 aliphatic heterocycles. The van der Waals surface area contributed by atoms with E-state index in [1.807, 2.05) is 30.3 Å². The van der Waals surface area contributed by atoms with Gasteiger partial charge in [-0.3, -0.25) is 9.59 Å². The van der Waals surface area contributed by atoms with Crippen molar-refractivity contribution >= 4 is 39.4 Å². The summed E-state index contributed by atoms with van der Waals surface area (Å²) in [6.45, 7) is 0. The van der Waals surface area contributed by atoms with E-state index in [4.69, 9.17) is 16.3 Å². The highest BCUT2D eigenvalue weighted by molar-refractivity contribution is 9.10. The number of amides is 1. The molecule has 3 rings (SSSR count). The average Bonchev–Trinajstić information content (AvgIpc) is 3.17. The summed E-state index contributed by atoms with van der Waals surface area (Å²) < 4.78 is 7.18. The van der Waals surface area contributed by atoms with Crippen LogP contribution in [0.15, 0.2) is 65.4 Å². The summed E-state index contributed by atoms with van der Waals surface area (Å²) in [4.78, 5) is 24.5. The molecule has 8 heteroatoms. The Balaban J connectivity index is 1.81. The lowest BCUT2D eigenvalue weighted by Gasteiger charge is -2.18. The number of carbonyl (C=O) groups excluding carboxylic acids is 2. The Hall–Kier alpha value is -2.64. The summed E-state index contributed by atoms with van der Waals surface area (Å²) in [5.41, 5.74) is 1.89. The second kappa shape index (κ2) is 9.03. The van der Waals surface area contributed by atoms with E-state index in [9.17, 15) is 9.59 Å². The molecule has 0 aliphatic rings. The van der Waals surface area contributed by atoms with Gasteiger partial charge in [0.25, 0.3) is 5.91 Å².